The van der Waals surface area contributed by atoms with Crippen LogP contribution in [-0.4, -0.2) is 50.2 Å². The second-order valence-corrected chi connectivity index (χ2v) is 6.50. The number of hydrogen-bond acceptors (Lipinski definition) is 7. The van der Waals surface area contributed by atoms with Crippen LogP contribution in [0, 0.1) is 17.0 Å². The number of rotatable bonds is 5. The predicted octanol–water partition coefficient (Wildman–Crippen LogP) is 2.78. The van der Waals surface area contributed by atoms with Crippen LogP contribution in [0.5, 0.6) is 0 Å². The highest BCUT2D eigenvalue weighted by Crippen LogP contribution is 2.30. The largest absolute Gasteiger partial charge is 0.465 e. The number of aryl methyl sites for hydroxylation is 1. The monoisotopic (exact) mass is 399 g/mol. The highest BCUT2D eigenvalue weighted by Gasteiger charge is 2.24. The minimum atomic E-state index is -0.577. The van der Waals surface area contributed by atoms with Crippen LogP contribution in [0.1, 0.15) is 26.3 Å². The van der Waals surface area contributed by atoms with Crippen molar-refractivity contribution in [2.24, 2.45) is 0 Å². The molecule has 1 amide bonds. The number of morpholine rings is 1. The molecule has 0 unspecified atom stereocenters. The Labute approximate surface area is 167 Å². The molecule has 0 saturated carbocycles. The summed E-state index contributed by atoms with van der Waals surface area (Å²) < 4.78 is 10.1. The number of nitro groups is 1. The van der Waals surface area contributed by atoms with E-state index in [9.17, 15) is 19.7 Å². The molecule has 0 atom stereocenters. The van der Waals surface area contributed by atoms with Gasteiger partial charge < -0.3 is 19.7 Å². The molecular formula is C20H21N3O6. The van der Waals surface area contributed by atoms with Gasteiger partial charge in [-0.05, 0) is 30.7 Å². The number of carbonyl (C=O) groups is 2. The maximum absolute atomic E-state index is 12.7. The summed E-state index contributed by atoms with van der Waals surface area (Å²) in [5, 5.41) is 14.2. The van der Waals surface area contributed by atoms with E-state index in [1.165, 1.54) is 19.2 Å². The summed E-state index contributed by atoms with van der Waals surface area (Å²) in [7, 11) is 1.26. The number of carbonyl (C=O) groups excluding carboxylic acids is 2. The van der Waals surface area contributed by atoms with Crippen molar-refractivity contribution in [3.63, 3.8) is 0 Å². The third kappa shape index (κ3) is 4.35. The van der Waals surface area contributed by atoms with E-state index in [-0.39, 0.29) is 22.5 Å². The Morgan fingerprint density at radius 2 is 1.93 bits per heavy atom. The van der Waals surface area contributed by atoms with Crippen LogP contribution in [0.2, 0.25) is 0 Å². The van der Waals surface area contributed by atoms with E-state index in [0.29, 0.717) is 37.6 Å². The summed E-state index contributed by atoms with van der Waals surface area (Å²) in [4.78, 5) is 37.7. The third-order valence-corrected chi connectivity index (χ3v) is 4.70. The van der Waals surface area contributed by atoms with Gasteiger partial charge in [0.05, 0.1) is 36.5 Å². The van der Waals surface area contributed by atoms with Crippen LogP contribution < -0.4 is 10.2 Å². The number of nitrogens with zero attached hydrogens (tertiary/aromatic N) is 2. The summed E-state index contributed by atoms with van der Waals surface area (Å²) in [6, 6.07) is 9.34. The van der Waals surface area contributed by atoms with Crippen molar-refractivity contribution in [2.45, 2.75) is 6.92 Å². The summed E-state index contributed by atoms with van der Waals surface area (Å²) >= 11 is 0. The Balaban J connectivity index is 1.91. The number of benzene rings is 2. The molecule has 2 aromatic rings. The number of nitrogens with one attached hydrogen (secondary N) is 1. The van der Waals surface area contributed by atoms with Gasteiger partial charge in [-0.3, -0.25) is 14.9 Å². The average Bonchev–Trinajstić information content (AvgIpc) is 2.73. The lowest BCUT2D eigenvalue weighted by molar-refractivity contribution is -0.384. The minimum absolute atomic E-state index is 0.117. The van der Waals surface area contributed by atoms with Crippen LogP contribution in [0.25, 0.3) is 0 Å². The second kappa shape index (κ2) is 8.70. The lowest BCUT2D eigenvalue weighted by Crippen LogP contribution is -2.36. The van der Waals surface area contributed by atoms with Crippen molar-refractivity contribution in [2.75, 3.05) is 43.6 Å². The SMILES string of the molecule is COC(=O)c1c(C)cccc1NC(=O)c1ccc(N2CCOCC2)c([N+](=O)[O-])c1. The molecule has 1 heterocycles. The first-order valence-corrected chi connectivity index (χ1v) is 9.02. The molecule has 0 aliphatic carbocycles. The Bertz CT molecular complexity index is 953. The third-order valence-electron chi connectivity index (χ3n) is 4.70. The van der Waals surface area contributed by atoms with Gasteiger partial charge in [0.1, 0.15) is 5.69 Å². The van der Waals surface area contributed by atoms with Crippen LogP contribution in [0.4, 0.5) is 17.1 Å². The smallest absolute Gasteiger partial charge is 0.340 e. The van der Waals surface area contributed by atoms with Crippen molar-refractivity contribution >= 4 is 28.9 Å². The fourth-order valence-corrected chi connectivity index (χ4v) is 3.22. The molecule has 0 aromatic heterocycles. The zero-order chi connectivity index (χ0) is 21.0. The molecule has 1 saturated heterocycles. The van der Waals surface area contributed by atoms with Crippen LogP contribution in [0.3, 0.4) is 0 Å². The first kappa shape index (κ1) is 20.3. The lowest BCUT2D eigenvalue weighted by Gasteiger charge is -2.28. The summed E-state index contributed by atoms with van der Waals surface area (Å²) in [6.45, 7) is 3.78. The minimum Gasteiger partial charge on any atom is -0.465 e. The predicted molar refractivity (Wildman–Crippen MR) is 107 cm³/mol. The highest BCUT2D eigenvalue weighted by atomic mass is 16.6. The standard InChI is InChI=1S/C20H21N3O6/c1-13-4-3-5-15(18(13)20(25)28-2)21-19(24)14-6-7-16(17(12-14)23(26)27)22-8-10-29-11-9-22/h3-7,12H,8-11H2,1-2H3,(H,21,24). The van der Waals surface area contributed by atoms with Crippen molar-refractivity contribution in [3.8, 4) is 0 Å². The van der Waals surface area contributed by atoms with Gasteiger partial charge in [0.2, 0.25) is 0 Å². The Morgan fingerprint density at radius 1 is 1.21 bits per heavy atom. The molecule has 9 heteroatoms. The molecule has 1 fully saturated rings. The van der Waals surface area contributed by atoms with E-state index in [1.807, 2.05) is 4.90 Å². The van der Waals surface area contributed by atoms with E-state index < -0.39 is 16.8 Å². The Morgan fingerprint density at radius 3 is 2.59 bits per heavy atom. The maximum Gasteiger partial charge on any atom is 0.340 e. The van der Waals surface area contributed by atoms with E-state index in [1.54, 1.807) is 31.2 Å². The molecule has 29 heavy (non-hydrogen) atoms. The molecule has 2 aromatic carbocycles. The average molecular weight is 399 g/mol. The van der Waals surface area contributed by atoms with E-state index in [0.717, 1.165) is 0 Å². The van der Waals surface area contributed by atoms with Crippen molar-refractivity contribution in [1.82, 2.24) is 0 Å². The molecular weight excluding hydrogens is 378 g/mol. The van der Waals surface area contributed by atoms with Crippen molar-refractivity contribution in [3.05, 3.63) is 63.2 Å². The first-order valence-electron chi connectivity index (χ1n) is 9.02. The number of esters is 1. The molecule has 152 valence electrons. The van der Waals surface area contributed by atoms with Gasteiger partial charge in [0.15, 0.2) is 0 Å². The highest BCUT2D eigenvalue weighted by molar-refractivity contribution is 6.09. The summed E-state index contributed by atoms with van der Waals surface area (Å²) in [6.07, 6.45) is 0. The van der Waals surface area contributed by atoms with Gasteiger partial charge >= 0.3 is 5.97 Å². The van der Waals surface area contributed by atoms with Gasteiger partial charge in [-0.1, -0.05) is 12.1 Å². The van der Waals surface area contributed by atoms with Crippen molar-refractivity contribution < 1.29 is 24.0 Å². The molecule has 0 spiro atoms. The first-order chi connectivity index (χ1) is 13.9. The van der Waals surface area contributed by atoms with Gasteiger partial charge in [-0.2, -0.15) is 0 Å². The number of anilines is 2. The topological polar surface area (TPSA) is 111 Å². The summed E-state index contributed by atoms with van der Waals surface area (Å²) in [5.74, 6) is -1.13. The lowest BCUT2D eigenvalue weighted by atomic mass is 10.1. The molecule has 1 N–H and O–H groups in total. The normalized spacial score (nSPS) is 13.7. The molecule has 1 aliphatic rings. The number of methoxy groups -OCH3 is 1. The summed E-state index contributed by atoms with van der Waals surface area (Å²) in [5.41, 5.74) is 1.57. The van der Waals surface area contributed by atoms with E-state index in [2.05, 4.69) is 5.32 Å². The fraction of sp³-hybridized carbons (Fsp3) is 0.300. The zero-order valence-electron chi connectivity index (χ0n) is 16.1. The van der Waals surface area contributed by atoms with E-state index >= 15 is 0 Å². The van der Waals surface area contributed by atoms with Gasteiger partial charge in [0, 0.05) is 24.7 Å². The number of amides is 1. The van der Waals surface area contributed by atoms with Crippen molar-refractivity contribution in [1.29, 1.82) is 0 Å². The van der Waals surface area contributed by atoms with Gasteiger partial charge in [-0.15, -0.1) is 0 Å². The van der Waals surface area contributed by atoms with Crippen LogP contribution >= 0.6 is 0 Å². The van der Waals surface area contributed by atoms with Gasteiger partial charge in [-0.25, -0.2) is 4.79 Å². The molecule has 0 radical (unpaired) electrons. The maximum atomic E-state index is 12.7. The quantitative estimate of drug-likeness (QED) is 0.467. The zero-order valence-corrected chi connectivity index (χ0v) is 16.1. The Kier molecular flexibility index (Phi) is 6.08. The fourth-order valence-electron chi connectivity index (χ4n) is 3.22. The van der Waals surface area contributed by atoms with Gasteiger partial charge in [0.25, 0.3) is 11.6 Å². The number of ether oxygens (including phenoxy) is 2. The molecule has 9 nitrogen and oxygen atoms in total. The molecule has 3 rings (SSSR count). The molecule has 1 aliphatic heterocycles. The number of nitro benzene ring substituents is 1. The Hall–Kier alpha value is -3.46. The van der Waals surface area contributed by atoms with Crippen LogP contribution in [-0.2, 0) is 9.47 Å². The number of hydrogen-bond donors (Lipinski definition) is 1. The second-order valence-electron chi connectivity index (χ2n) is 6.50. The molecule has 0 bridgehead atoms. The van der Waals surface area contributed by atoms with E-state index in [4.69, 9.17) is 9.47 Å². The van der Waals surface area contributed by atoms with Crippen LogP contribution in [0.15, 0.2) is 36.4 Å².